The number of hydrogen-bond acceptors (Lipinski definition) is 5. The first-order chi connectivity index (χ1) is 7.52. The maximum absolute atomic E-state index is 10.9. The Kier molecular flexibility index (Phi) is 4.24. The molecule has 0 radical (unpaired) electrons. The lowest BCUT2D eigenvalue weighted by atomic mass is 10.3. The molecule has 6 nitrogen and oxygen atoms in total. The van der Waals surface area contributed by atoms with E-state index in [1.165, 1.54) is 19.2 Å². The van der Waals surface area contributed by atoms with Crippen LogP contribution in [0.2, 0.25) is 0 Å². The highest BCUT2D eigenvalue weighted by Gasteiger charge is 2.09. The maximum atomic E-state index is 10.9. The minimum atomic E-state index is -0.506. The lowest BCUT2D eigenvalue weighted by Gasteiger charge is -2.05. The smallest absolute Gasteiger partial charge is 0.325 e. The van der Waals surface area contributed by atoms with Gasteiger partial charge in [0.15, 0.2) is 0 Å². The van der Waals surface area contributed by atoms with Crippen molar-refractivity contribution in [2.75, 3.05) is 19.0 Å². The van der Waals surface area contributed by atoms with E-state index in [9.17, 15) is 14.9 Å². The number of non-ortho nitro benzene ring substituents is 1. The monoisotopic (exact) mass is 288 g/mol. The van der Waals surface area contributed by atoms with E-state index in [1.54, 1.807) is 6.07 Å². The van der Waals surface area contributed by atoms with Gasteiger partial charge in [-0.25, -0.2) is 0 Å². The average molecular weight is 289 g/mol. The third-order valence-corrected chi connectivity index (χ3v) is 2.22. The Labute approximate surface area is 99.9 Å². The van der Waals surface area contributed by atoms with E-state index >= 15 is 0 Å². The van der Waals surface area contributed by atoms with Gasteiger partial charge in [0, 0.05) is 22.3 Å². The zero-order chi connectivity index (χ0) is 12.1. The average Bonchev–Trinajstić information content (AvgIpc) is 2.25. The fraction of sp³-hybridized carbons (Fsp3) is 0.222. The van der Waals surface area contributed by atoms with Gasteiger partial charge in [0.25, 0.3) is 5.69 Å². The third-order valence-electron chi connectivity index (χ3n) is 1.76. The van der Waals surface area contributed by atoms with Crippen molar-refractivity contribution in [3.05, 3.63) is 32.8 Å². The number of benzene rings is 1. The minimum absolute atomic E-state index is 0.0376. The largest absolute Gasteiger partial charge is 0.468 e. The van der Waals surface area contributed by atoms with Crippen LogP contribution in [0.5, 0.6) is 0 Å². The fourth-order valence-corrected chi connectivity index (χ4v) is 1.51. The molecule has 0 aliphatic rings. The molecule has 16 heavy (non-hydrogen) atoms. The van der Waals surface area contributed by atoms with Crippen LogP contribution in [0.25, 0.3) is 0 Å². The highest BCUT2D eigenvalue weighted by atomic mass is 79.9. The normalized spacial score (nSPS) is 9.62. The molecule has 0 amide bonds. The number of methoxy groups -OCH3 is 1. The molecule has 7 heteroatoms. The van der Waals surface area contributed by atoms with Gasteiger partial charge < -0.3 is 10.1 Å². The van der Waals surface area contributed by atoms with E-state index in [0.717, 1.165) is 0 Å². The Hall–Kier alpha value is -1.63. The second-order valence-corrected chi connectivity index (χ2v) is 3.80. The predicted molar refractivity (Wildman–Crippen MR) is 61.3 cm³/mol. The molecule has 0 aromatic heterocycles. The van der Waals surface area contributed by atoms with Crippen molar-refractivity contribution in [3.63, 3.8) is 0 Å². The van der Waals surface area contributed by atoms with Crippen LogP contribution in [0.3, 0.4) is 0 Å². The summed E-state index contributed by atoms with van der Waals surface area (Å²) in [7, 11) is 1.27. The molecule has 0 spiro atoms. The number of rotatable bonds is 4. The molecule has 0 atom stereocenters. The molecule has 0 bridgehead atoms. The lowest BCUT2D eigenvalue weighted by molar-refractivity contribution is -0.384. The van der Waals surface area contributed by atoms with Crippen molar-refractivity contribution < 1.29 is 14.5 Å². The van der Waals surface area contributed by atoms with E-state index in [4.69, 9.17) is 0 Å². The summed E-state index contributed by atoms with van der Waals surface area (Å²) in [6.07, 6.45) is 0. The first-order valence-electron chi connectivity index (χ1n) is 4.28. The van der Waals surface area contributed by atoms with E-state index in [0.29, 0.717) is 10.2 Å². The summed E-state index contributed by atoms with van der Waals surface area (Å²) in [6.45, 7) is -0.0376. The summed E-state index contributed by atoms with van der Waals surface area (Å²) in [6, 6.07) is 4.35. The van der Waals surface area contributed by atoms with Crippen molar-refractivity contribution in [1.82, 2.24) is 0 Å². The van der Waals surface area contributed by atoms with E-state index < -0.39 is 10.9 Å². The molecule has 1 aromatic rings. The standard InChI is InChI=1S/C9H9BrN2O4/c1-16-9(13)5-11-7-2-6(10)3-8(4-7)12(14)15/h2-4,11H,5H2,1H3. The molecule has 0 aliphatic carbocycles. The Morgan fingerprint density at radius 2 is 2.25 bits per heavy atom. The zero-order valence-electron chi connectivity index (χ0n) is 8.40. The Balaban J connectivity index is 2.80. The quantitative estimate of drug-likeness (QED) is 0.520. The number of nitro groups is 1. The van der Waals surface area contributed by atoms with Crippen LogP contribution >= 0.6 is 15.9 Å². The molecule has 0 unspecified atom stereocenters. The van der Waals surface area contributed by atoms with Crippen molar-refractivity contribution >= 4 is 33.3 Å². The van der Waals surface area contributed by atoms with E-state index in [2.05, 4.69) is 26.0 Å². The predicted octanol–water partition coefficient (Wildman–Crippen LogP) is 1.94. The topological polar surface area (TPSA) is 81.5 Å². The molecule has 86 valence electrons. The van der Waals surface area contributed by atoms with Gasteiger partial charge in [-0.3, -0.25) is 14.9 Å². The second-order valence-electron chi connectivity index (χ2n) is 2.88. The number of halogens is 1. The summed E-state index contributed by atoms with van der Waals surface area (Å²) >= 11 is 3.14. The third kappa shape index (κ3) is 3.50. The van der Waals surface area contributed by atoms with Gasteiger partial charge in [0.2, 0.25) is 0 Å². The maximum Gasteiger partial charge on any atom is 0.325 e. The van der Waals surface area contributed by atoms with Gasteiger partial charge in [-0.1, -0.05) is 15.9 Å². The molecule has 1 aromatic carbocycles. The van der Waals surface area contributed by atoms with E-state index in [1.807, 2.05) is 0 Å². The van der Waals surface area contributed by atoms with Crippen molar-refractivity contribution in [2.45, 2.75) is 0 Å². The molecule has 1 N–H and O–H groups in total. The van der Waals surface area contributed by atoms with Crippen LogP contribution in [-0.4, -0.2) is 24.5 Å². The highest BCUT2D eigenvalue weighted by molar-refractivity contribution is 9.10. The lowest BCUT2D eigenvalue weighted by Crippen LogP contribution is -2.14. The number of nitrogens with zero attached hydrogens (tertiary/aromatic N) is 1. The van der Waals surface area contributed by atoms with Crippen LogP contribution in [0.15, 0.2) is 22.7 Å². The molecule has 0 saturated heterocycles. The summed E-state index contributed by atoms with van der Waals surface area (Å²) in [5.41, 5.74) is 0.424. The summed E-state index contributed by atoms with van der Waals surface area (Å²) < 4.78 is 5.00. The number of carbonyl (C=O) groups is 1. The SMILES string of the molecule is COC(=O)CNc1cc(Br)cc([N+](=O)[O-])c1. The number of nitrogens with one attached hydrogen (secondary N) is 1. The molecule has 0 aliphatic heterocycles. The number of carbonyl (C=O) groups excluding carboxylic acids is 1. The van der Waals surface area contributed by atoms with Gasteiger partial charge in [0.1, 0.15) is 6.54 Å². The van der Waals surface area contributed by atoms with E-state index in [-0.39, 0.29) is 12.2 Å². The Morgan fingerprint density at radius 3 is 2.81 bits per heavy atom. The van der Waals surface area contributed by atoms with Crippen molar-refractivity contribution in [1.29, 1.82) is 0 Å². The molecule has 1 rings (SSSR count). The molecular weight excluding hydrogens is 280 g/mol. The first-order valence-corrected chi connectivity index (χ1v) is 5.08. The van der Waals surface area contributed by atoms with Crippen LogP contribution in [0.1, 0.15) is 0 Å². The van der Waals surface area contributed by atoms with Crippen molar-refractivity contribution in [3.8, 4) is 0 Å². The fourth-order valence-electron chi connectivity index (χ4n) is 1.03. The van der Waals surface area contributed by atoms with Crippen molar-refractivity contribution in [2.24, 2.45) is 0 Å². The second kappa shape index (κ2) is 5.45. The van der Waals surface area contributed by atoms with Gasteiger partial charge in [-0.05, 0) is 6.07 Å². The van der Waals surface area contributed by atoms with Gasteiger partial charge in [-0.2, -0.15) is 0 Å². The molecule has 0 saturated carbocycles. The number of esters is 1. The first kappa shape index (κ1) is 12.4. The van der Waals surface area contributed by atoms with Gasteiger partial charge in [0.05, 0.1) is 12.0 Å². The summed E-state index contributed by atoms with van der Waals surface area (Å²) in [4.78, 5) is 20.9. The number of hydrogen-bond donors (Lipinski definition) is 1. The van der Waals surface area contributed by atoms with Crippen LogP contribution < -0.4 is 5.32 Å². The zero-order valence-corrected chi connectivity index (χ0v) is 9.98. The summed E-state index contributed by atoms with van der Waals surface area (Å²) in [5.74, 6) is -0.442. The van der Waals surface area contributed by atoms with Crippen LogP contribution in [-0.2, 0) is 9.53 Å². The number of anilines is 1. The molecular formula is C9H9BrN2O4. The highest BCUT2D eigenvalue weighted by Crippen LogP contribution is 2.24. The Morgan fingerprint density at radius 1 is 1.56 bits per heavy atom. The van der Waals surface area contributed by atoms with Gasteiger partial charge in [-0.15, -0.1) is 0 Å². The molecule has 0 fully saturated rings. The number of nitro benzene ring substituents is 1. The molecule has 0 heterocycles. The summed E-state index contributed by atoms with van der Waals surface area (Å²) in [5, 5.41) is 13.3. The minimum Gasteiger partial charge on any atom is -0.468 e. The number of ether oxygens (including phenoxy) is 1. The van der Waals surface area contributed by atoms with Crippen LogP contribution in [0.4, 0.5) is 11.4 Å². The van der Waals surface area contributed by atoms with Gasteiger partial charge >= 0.3 is 5.97 Å². The Bertz CT molecular complexity index is 422. The van der Waals surface area contributed by atoms with Crippen LogP contribution in [0, 0.1) is 10.1 Å².